The van der Waals surface area contributed by atoms with Crippen LogP contribution in [0.25, 0.3) is 0 Å². The zero-order valence-corrected chi connectivity index (χ0v) is 12.0. The molecule has 17 heavy (non-hydrogen) atoms. The van der Waals surface area contributed by atoms with E-state index in [1.165, 1.54) is 32.2 Å². The lowest BCUT2D eigenvalue weighted by Gasteiger charge is -2.32. The topological polar surface area (TPSA) is 21.3 Å². The van der Waals surface area contributed by atoms with Crippen molar-refractivity contribution in [2.45, 2.75) is 59.5 Å². The van der Waals surface area contributed by atoms with Crippen LogP contribution in [-0.2, 0) is 4.74 Å². The van der Waals surface area contributed by atoms with Crippen molar-refractivity contribution in [3.05, 3.63) is 0 Å². The van der Waals surface area contributed by atoms with Crippen molar-refractivity contribution in [3.63, 3.8) is 0 Å². The van der Waals surface area contributed by atoms with E-state index in [1.54, 1.807) is 0 Å². The minimum absolute atomic E-state index is 0.513. The molecule has 2 aliphatic rings. The summed E-state index contributed by atoms with van der Waals surface area (Å²) in [7, 11) is 0. The molecule has 0 amide bonds. The summed E-state index contributed by atoms with van der Waals surface area (Å²) in [5.41, 5.74) is 1.09. The van der Waals surface area contributed by atoms with E-state index in [4.69, 9.17) is 4.74 Å². The molecule has 1 saturated heterocycles. The van der Waals surface area contributed by atoms with Gasteiger partial charge in [-0.25, -0.2) is 0 Å². The fraction of sp³-hybridized carbons (Fsp3) is 1.00. The zero-order valence-electron chi connectivity index (χ0n) is 12.0. The molecule has 1 spiro atoms. The Kier molecular flexibility index (Phi) is 3.84. The molecule has 3 unspecified atom stereocenters. The molecule has 2 nitrogen and oxygen atoms in total. The van der Waals surface area contributed by atoms with Gasteiger partial charge in [-0.3, -0.25) is 0 Å². The molecule has 100 valence electrons. The third-order valence-electron chi connectivity index (χ3n) is 5.46. The fourth-order valence-electron chi connectivity index (χ4n) is 4.07. The van der Waals surface area contributed by atoms with Gasteiger partial charge in [-0.2, -0.15) is 0 Å². The summed E-state index contributed by atoms with van der Waals surface area (Å²) in [4.78, 5) is 0. The van der Waals surface area contributed by atoms with Gasteiger partial charge in [0.05, 0.1) is 6.10 Å². The fourth-order valence-corrected chi connectivity index (χ4v) is 4.07. The summed E-state index contributed by atoms with van der Waals surface area (Å²) in [5.74, 6) is 0.861. The molecule has 1 heterocycles. The van der Waals surface area contributed by atoms with Gasteiger partial charge in [-0.15, -0.1) is 0 Å². The van der Waals surface area contributed by atoms with Crippen LogP contribution in [0.4, 0.5) is 0 Å². The third-order valence-corrected chi connectivity index (χ3v) is 5.46. The molecule has 3 atom stereocenters. The van der Waals surface area contributed by atoms with Gasteiger partial charge in [0, 0.05) is 6.61 Å². The highest BCUT2D eigenvalue weighted by atomic mass is 16.5. The van der Waals surface area contributed by atoms with Crippen molar-refractivity contribution < 1.29 is 4.74 Å². The minimum atomic E-state index is 0.513. The number of hydrogen-bond donors (Lipinski definition) is 1. The average Bonchev–Trinajstić information content (AvgIpc) is 2.75. The molecule has 2 heteroatoms. The van der Waals surface area contributed by atoms with Gasteiger partial charge in [-0.05, 0) is 55.5 Å². The van der Waals surface area contributed by atoms with Crippen LogP contribution in [0, 0.1) is 16.7 Å². The first kappa shape index (κ1) is 13.4. The first-order chi connectivity index (χ1) is 8.08. The van der Waals surface area contributed by atoms with E-state index >= 15 is 0 Å². The van der Waals surface area contributed by atoms with Crippen LogP contribution in [0.2, 0.25) is 0 Å². The van der Waals surface area contributed by atoms with Crippen molar-refractivity contribution in [3.8, 4) is 0 Å². The number of hydrogen-bond acceptors (Lipinski definition) is 2. The van der Waals surface area contributed by atoms with Gasteiger partial charge in [0.1, 0.15) is 0 Å². The molecule has 0 aromatic rings. The second-order valence-corrected chi connectivity index (χ2v) is 6.49. The Balaban J connectivity index is 1.95. The molecule has 0 aromatic carbocycles. The highest BCUT2D eigenvalue weighted by molar-refractivity contribution is 5.18. The molecule has 0 aromatic heterocycles. The normalized spacial score (nSPS) is 39.5. The van der Waals surface area contributed by atoms with Crippen molar-refractivity contribution in [1.29, 1.82) is 0 Å². The Morgan fingerprint density at radius 1 is 1.29 bits per heavy atom. The van der Waals surface area contributed by atoms with E-state index in [0.29, 0.717) is 16.9 Å². The van der Waals surface area contributed by atoms with Crippen LogP contribution in [0.3, 0.4) is 0 Å². The Bertz CT molecular complexity index is 264. The predicted octanol–water partition coefficient (Wildman–Crippen LogP) is 3.22. The summed E-state index contributed by atoms with van der Waals surface area (Å²) >= 11 is 0. The molecule has 2 rings (SSSR count). The van der Waals surface area contributed by atoms with Crippen molar-refractivity contribution in [1.82, 2.24) is 5.32 Å². The molecule has 1 N–H and O–H groups in total. The second-order valence-electron chi connectivity index (χ2n) is 6.49. The lowest BCUT2D eigenvalue weighted by molar-refractivity contribution is -0.0296. The monoisotopic (exact) mass is 239 g/mol. The Labute approximate surface area is 107 Å². The SMILES string of the molecule is CCCNCC1C(C)(C)C12CCOC(CC)C2. The Hall–Kier alpha value is -0.0800. The molecular formula is C15H29NO. The van der Waals surface area contributed by atoms with Gasteiger partial charge in [0.15, 0.2) is 0 Å². The summed E-state index contributed by atoms with van der Waals surface area (Å²) in [6.07, 6.45) is 5.48. The maximum Gasteiger partial charge on any atom is 0.0578 e. The Morgan fingerprint density at radius 2 is 2.06 bits per heavy atom. The van der Waals surface area contributed by atoms with Crippen LogP contribution in [0.5, 0.6) is 0 Å². The smallest absolute Gasteiger partial charge is 0.0578 e. The summed E-state index contributed by atoms with van der Waals surface area (Å²) in [6.45, 7) is 12.8. The largest absolute Gasteiger partial charge is 0.378 e. The highest BCUT2D eigenvalue weighted by Gasteiger charge is 2.70. The maximum absolute atomic E-state index is 5.85. The molecule has 1 aliphatic carbocycles. The van der Waals surface area contributed by atoms with Crippen molar-refractivity contribution >= 4 is 0 Å². The van der Waals surface area contributed by atoms with Gasteiger partial charge < -0.3 is 10.1 Å². The number of ether oxygens (including phenoxy) is 1. The zero-order chi connectivity index (χ0) is 12.5. The van der Waals surface area contributed by atoms with E-state index in [1.807, 2.05) is 0 Å². The molecule has 2 fully saturated rings. The van der Waals surface area contributed by atoms with Gasteiger partial charge in [0.2, 0.25) is 0 Å². The average molecular weight is 239 g/mol. The van der Waals surface area contributed by atoms with Gasteiger partial charge >= 0.3 is 0 Å². The van der Waals surface area contributed by atoms with Crippen molar-refractivity contribution in [2.75, 3.05) is 19.7 Å². The summed E-state index contributed by atoms with van der Waals surface area (Å²) in [5, 5.41) is 3.62. The minimum Gasteiger partial charge on any atom is -0.378 e. The Morgan fingerprint density at radius 3 is 2.71 bits per heavy atom. The molecule has 1 aliphatic heterocycles. The molecule has 0 bridgehead atoms. The predicted molar refractivity (Wildman–Crippen MR) is 72.1 cm³/mol. The van der Waals surface area contributed by atoms with Crippen LogP contribution >= 0.6 is 0 Å². The summed E-state index contributed by atoms with van der Waals surface area (Å²) in [6, 6.07) is 0. The van der Waals surface area contributed by atoms with Gasteiger partial charge in [-0.1, -0.05) is 27.7 Å². The maximum atomic E-state index is 5.85. The van der Waals surface area contributed by atoms with Crippen LogP contribution in [0.15, 0.2) is 0 Å². The molecular weight excluding hydrogens is 210 g/mol. The number of rotatable bonds is 5. The van der Waals surface area contributed by atoms with Crippen LogP contribution in [-0.4, -0.2) is 25.8 Å². The van der Waals surface area contributed by atoms with E-state index in [0.717, 1.165) is 19.1 Å². The van der Waals surface area contributed by atoms with E-state index in [2.05, 4.69) is 33.0 Å². The third kappa shape index (κ3) is 2.15. The van der Waals surface area contributed by atoms with Crippen LogP contribution < -0.4 is 5.32 Å². The van der Waals surface area contributed by atoms with Gasteiger partial charge in [0.25, 0.3) is 0 Å². The second kappa shape index (κ2) is 4.89. The lowest BCUT2D eigenvalue weighted by Crippen LogP contribution is -2.30. The standard InChI is InChI=1S/C15H29NO/c1-5-8-16-11-13-14(3,4)15(13)7-9-17-12(6-2)10-15/h12-13,16H,5-11H2,1-4H3. The van der Waals surface area contributed by atoms with Crippen molar-refractivity contribution in [2.24, 2.45) is 16.7 Å². The molecule has 1 saturated carbocycles. The van der Waals surface area contributed by atoms with E-state index in [9.17, 15) is 0 Å². The number of nitrogens with one attached hydrogen (secondary N) is 1. The lowest BCUT2D eigenvalue weighted by atomic mass is 9.84. The van der Waals surface area contributed by atoms with Crippen LogP contribution in [0.1, 0.15) is 53.4 Å². The molecule has 0 radical (unpaired) electrons. The summed E-state index contributed by atoms with van der Waals surface area (Å²) < 4.78 is 5.85. The first-order valence-electron chi connectivity index (χ1n) is 7.40. The van der Waals surface area contributed by atoms with E-state index < -0.39 is 0 Å². The quantitative estimate of drug-likeness (QED) is 0.744. The highest BCUT2D eigenvalue weighted by Crippen LogP contribution is 2.73. The first-order valence-corrected chi connectivity index (χ1v) is 7.40. The van der Waals surface area contributed by atoms with E-state index in [-0.39, 0.29) is 0 Å².